The number of likely N-dealkylation sites (N-methyl/N-ethyl adjacent to an activating group) is 1. The fourth-order valence-corrected chi connectivity index (χ4v) is 1.89. The summed E-state index contributed by atoms with van der Waals surface area (Å²) in [6.45, 7) is 7.75. The molecule has 7 heteroatoms. The number of aryl methyl sites for hydroxylation is 1. The Balaban J connectivity index is 2.69. The van der Waals surface area contributed by atoms with Gasteiger partial charge in [-0.25, -0.2) is 9.48 Å². The van der Waals surface area contributed by atoms with Crippen LogP contribution in [0.2, 0.25) is 0 Å². The minimum Gasteiger partial charge on any atom is -0.363 e. The molecular weight excluding hydrogens is 246 g/mol. The van der Waals surface area contributed by atoms with Gasteiger partial charge in [0, 0.05) is 27.2 Å². The lowest BCUT2D eigenvalue weighted by Gasteiger charge is -2.19. The van der Waals surface area contributed by atoms with E-state index in [9.17, 15) is 9.59 Å². The molecule has 0 aliphatic carbocycles. The van der Waals surface area contributed by atoms with Gasteiger partial charge in [-0.3, -0.25) is 9.36 Å². The molecule has 0 unspecified atom stereocenters. The number of anilines is 1. The lowest BCUT2D eigenvalue weighted by atomic mass is 10.4. The van der Waals surface area contributed by atoms with Crippen LogP contribution in [0.4, 0.5) is 5.82 Å². The second-order valence-corrected chi connectivity index (χ2v) is 4.48. The van der Waals surface area contributed by atoms with Crippen molar-refractivity contribution in [2.45, 2.75) is 20.3 Å². The van der Waals surface area contributed by atoms with Crippen LogP contribution in [-0.2, 0) is 14.1 Å². The van der Waals surface area contributed by atoms with Crippen LogP contribution in [0.5, 0.6) is 0 Å². The maximum atomic E-state index is 11.8. The Morgan fingerprint density at radius 1 is 1.21 bits per heavy atom. The molecule has 0 radical (unpaired) electrons. The zero-order chi connectivity index (χ0) is 14.4. The molecule has 0 fully saturated rings. The largest absolute Gasteiger partial charge is 0.363 e. The van der Waals surface area contributed by atoms with Gasteiger partial charge >= 0.3 is 5.69 Å². The molecule has 1 heterocycles. The summed E-state index contributed by atoms with van der Waals surface area (Å²) in [5.74, 6) is 0.220. The predicted octanol–water partition coefficient (Wildman–Crippen LogP) is -0.377. The van der Waals surface area contributed by atoms with Crippen molar-refractivity contribution in [1.82, 2.24) is 19.2 Å². The molecule has 1 aromatic rings. The maximum absolute atomic E-state index is 11.8. The van der Waals surface area contributed by atoms with Gasteiger partial charge in [0.05, 0.1) is 0 Å². The van der Waals surface area contributed by atoms with E-state index in [0.717, 1.165) is 35.3 Å². The summed E-state index contributed by atoms with van der Waals surface area (Å²) in [6.07, 6.45) is 1.10. The highest BCUT2D eigenvalue weighted by atomic mass is 16.2. The quantitative estimate of drug-likeness (QED) is 0.731. The summed E-state index contributed by atoms with van der Waals surface area (Å²) < 4.78 is 2.21. The fraction of sp³-hybridized carbons (Fsp3) is 0.750. The summed E-state index contributed by atoms with van der Waals surface area (Å²) in [5.41, 5.74) is -0.807. The number of aromatic nitrogens is 3. The minimum absolute atomic E-state index is 0.220. The Hall–Kier alpha value is -1.63. The molecule has 0 amide bonds. The summed E-state index contributed by atoms with van der Waals surface area (Å²) in [5, 5.41) is 6.94. The molecule has 7 nitrogen and oxygen atoms in total. The van der Waals surface area contributed by atoms with Crippen LogP contribution in [0, 0.1) is 0 Å². The highest BCUT2D eigenvalue weighted by Gasteiger charge is 2.08. The summed E-state index contributed by atoms with van der Waals surface area (Å²) >= 11 is 0. The van der Waals surface area contributed by atoms with Crippen molar-refractivity contribution in [2.24, 2.45) is 14.1 Å². The zero-order valence-corrected chi connectivity index (χ0v) is 12.1. The Bertz CT molecular complexity index is 520. The van der Waals surface area contributed by atoms with Crippen LogP contribution in [0.25, 0.3) is 0 Å². The Labute approximate surface area is 112 Å². The topological polar surface area (TPSA) is 72.2 Å². The van der Waals surface area contributed by atoms with Crippen molar-refractivity contribution < 1.29 is 0 Å². The van der Waals surface area contributed by atoms with Gasteiger partial charge in [-0.15, -0.1) is 5.10 Å². The van der Waals surface area contributed by atoms with E-state index in [1.54, 1.807) is 0 Å². The monoisotopic (exact) mass is 269 g/mol. The van der Waals surface area contributed by atoms with Crippen LogP contribution >= 0.6 is 0 Å². The molecule has 0 aromatic carbocycles. The normalized spacial score (nSPS) is 11.0. The second kappa shape index (κ2) is 7.08. The maximum Gasteiger partial charge on any atom is 0.346 e. The number of nitrogens with zero attached hydrogens (tertiary/aromatic N) is 4. The molecule has 108 valence electrons. The van der Waals surface area contributed by atoms with Gasteiger partial charge < -0.3 is 10.2 Å². The molecule has 0 aliphatic heterocycles. The number of rotatable bonds is 7. The van der Waals surface area contributed by atoms with Crippen molar-refractivity contribution in [3.63, 3.8) is 0 Å². The molecule has 1 N–H and O–H groups in total. The van der Waals surface area contributed by atoms with Crippen LogP contribution in [0.3, 0.4) is 0 Å². The molecule has 0 saturated carbocycles. The van der Waals surface area contributed by atoms with Gasteiger partial charge in [0.2, 0.25) is 5.82 Å². The first-order valence-electron chi connectivity index (χ1n) is 6.61. The van der Waals surface area contributed by atoms with Crippen molar-refractivity contribution in [3.05, 3.63) is 20.8 Å². The third-order valence-corrected chi connectivity index (χ3v) is 3.03. The average molecular weight is 269 g/mol. The van der Waals surface area contributed by atoms with Crippen LogP contribution in [0.15, 0.2) is 9.59 Å². The van der Waals surface area contributed by atoms with E-state index in [-0.39, 0.29) is 11.4 Å². The van der Waals surface area contributed by atoms with E-state index in [4.69, 9.17) is 0 Å². The number of hydrogen-bond acceptors (Lipinski definition) is 5. The van der Waals surface area contributed by atoms with Gasteiger partial charge in [-0.1, -0.05) is 13.8 Å². The smallest absolute Gasteiger partial charge is 0.346 e. The van der Waals surface area contributed by atoms with E-state index >= 15 is 0 Å². The summed E-state index contributed by atoms with van der Waals surface area (Å²) in [6, 6.07) is 0. The SMILES string of the molecule is CCCN(CC)CCNc1nn(C)c(=O)n(C)c1=O. The third-order valence-electron chi connectivity index (χ3n) is 3.03. The zero-order valence-electron chi connectivity index (χ0n) is 12.1. The Morgan fingerprint density at radius 3 is 2.47 bits per heavy atom. The lowest BCUT2D eigenvalue weighted by molar-refractivity contribution is 0.299. The van der Waals surface area contributed by atoms with E-state index in [0.29, 0.717) is 6.54 Å². The van der Waals surface area contributed by atoms with Gasteiger partial charge in [0.15, 0.2) is 0 Å². The first-order chi connectivity index (χ1) is 9.01. The second-order valence-electron chi connectivity index (χ2n) is 4.48. The van der Waals surface area contributed by atoms with E-state index in [2.05, 4.69) is 29.2 Å². The first kappa shape index (κ1) is 15.4. The standard InChI is InChI=1S/C12H23N5O2/c1-5-8-17(6-2)9-7-13-10-11(18)15(3)12(19)16(4)14-10/h5-9H2,1-4H3,(H,13,14). The van der Waals surface area contributed by atoms with Crippen molar-refractivity contribution >= 4 is 5.82 Å². The molecule has 0 spiro atoms. The van der Waals surface area contributed by atoms with Crippen molar-refractivity contribution in [1.29, 1.82) is 0 Å². The minimum atomic E-state index is -0.420. The fourth-order valence-electron chi connectivity index (χ4n) is 1.89. The molecular formula is C12H23N5O2. The molecule has 1 aromatic heterocycles. The lowest BCUT2D eigenvalue weighted by Crippen LogP contribution is -2.40. The average Bonchev–Trinajstić information content (AvgIpc) is 2.41. The molecule has 0 bridgehead atoms. The van der Waals surface area contributed by atoms with Gasteiger partial charge in [0.1, 0.15) is 0 Å². The summed E-state index contributed by atoms with van der Waals surface area (Å²) in [4.78, 5) is 25.6. The Kier molecular flexibility index (Phi) is 5.75. The van der Waals surface area contributed by atoms with Crippen LogP contribution in [-0.4, -0.2) is 45.4 Å². The van der Waals surface area contributed by atoms with Gasteiger partial charge in [-0.2, -0.15) is 0 Å². The van der Waals surface area contributed by atoms with E-state index in [1.807, 2.05) is 0 Å². The molecule has 0 atom stereocenters. The first-order valence-corrected chi connectivity index (χ1v) is 6.61. The van der Waals surface area contributed by atoms with E-state index < -0.39 is 5.69 Å². The van der Waals surface area contributed by atoms with Crippen molar-refractivity contribution in [3.8, 4) is 0 Å². The number of nitrogens with one attached hydrogen (secondary N) is 1. The van der Waals surface area contributed by atoms with Crippen LogP contribution < -0.4 is 16.6 Å². The van der Waals surface area contributed by atoms with Gasteiger partial charge in [0.25, 0.3) is 5.56 Å². The molecule has 0 aliphatic rings. The third kappa shape index (κ3) is 3.92. The molecule has 19 heavy (non-hydrogen) atoms. The molecule has 1 rings (SSSR count). The summed E-state index contributed by atoms with van der Waals surface area (Å²) in [7, 11) is 2.98. The van der Waals surface area contributed by atoms with Crippen LogP contribution in [0.1, 0.15) is 20.3 Å². The highest BCUT2D eigenvalue weighted by molar-refractivity contribution is 5.29. The number of hydrogen-bond donors (Lipinski definition) is 1. The van der Waals surface area contributed by atoms with Crippen molar-refractivity contribution in [2.75, 3.05) is 31.5 Å². The van der Waals surface area contributed by atoms with Gasteiger partial charge in [-0.05, 0) is 19.5 Å². The highest BCUT2D eigenvalue weighted by Crippen LogP contribution is 1.93. The van der Waals surface area contributed by atoms with E-state index in [1.165, 1.54) is 14.1 Å². The Morgan fingerprint density at radius 2 is 1.89 bits per heavy atom. The molecule has 0 saturated heterocycles. The predicted molar refractivity (Wildman–Crippen MR) is 75.6 cm³/mol.